The monoisotopic (exact) mass is 392 g/mol. The molecule has 2 fully saturated rings. The number of hydrogen-bond donors (Lipinski definition) is 2. The molecule has 1 aromatic heterocycles. The summed E-state index contributed by atoms with van der Waals surface area (Å²) in [7, 11) is 0. The zero-order valence-corrected chi connectivity index (χ0v) is 15.6. The van der Waals surface area contributed by atoms with Gasteiger partial charge in [-0.2, -0.15) is 0 Å². The van der Waals surface area contributed by atoms with Crippen molar-refractivity contribution in [1.82, 2.24) is 9.88 Å². The molecule has 2 heterocycles. The Morgan fingerprint density at radius 1 is 1.15 bits per heavy atom. The summed E-state index contributed by atoms with van der Waals surface area (Å²) in [5.41, 5.74) is -0.704. The van der Waals surface area contributed by atoms with Crippen molar-refractivity contribution in [2.75, 3.05) is 19.0 Å². The number of aromatic hydroxyl groups is 1. The molecular formula is C20H22F2N2O2S. The minimum atomic E-state index is -0.957. The highest BCUT2D eigenvalue weighted by Gasteiger charge is 2.48. The van der Waals surface area contributed by atoms with Gasteiger partial charge in [0.25, 0.3) is 0 Å². The van der Waals surface area contributed by atoms with Crippen LogP contribution in [0.1, 0.15) is 18.4 Å². The molecule has 144 valence electrons. The summed E-state index contributed by atoms with van der Waals surface area (Å²) in [4.78, 5) is 6.52. The SMILES string of the molecule is Oc1ccc(SCN2C[C@@H]3C[C@@](O)(Cc4cccc(F)c4F)C[C@@H]3C2)nc1. The van der Waals surface area contributed by atoms with E-state index in [0.29, 0.717) is 24.7 Å². The lowest BCUT2D eigenvalue weighted by molar-refractivity contribution is 0.0353. The first-order valence-corrected chi connectivity index (χ1v) is 10.1. The first-order chi connectivity index (χ1) is 12.9. The van der Waals surface area contributed by atoms with Crippen LogP contribution in [0.2, 0.25) is 0 Å². The smallest absolute Gasteiger partial charge is 0.162 e. The highest BCUT2D eigenvalue weighted by atomic mass is 32.2. The molecule has 1 aliphatic heterocycles. The van der Waals surface area contributed by atoms with Gasteiger partial charge in [-0.1, -0.05) is 23.9 Å². The van der Waals surface area contributed by atoms with Gasteiger partial charge in [0.1, 0.15) is 5.75 Å². The van der Waals surface area contributed by atoms with Crippen molar-refractivity contribution in [3.63, 3.8) is 0 Å². The molecule has 2 aromatic rings. The summed E-state index contributed by atoms with van der Waals surface area (Å²) in [5.74, 6) is 0.00802. The number of rotatable bonds is 5. The van der Waals surface area contributed by atoms with Crippen molar-refractivity contribution in [2.45, 2.75) is 29.9 Å². The minimum Gasteiger partial charge on any atom is -0.506 e. The minimum absolute atomic E-state index is 0.157. The Morgan fingerprint density at radius 2 is 1.89 bits per heavy atom. The van der Waals surface area contributed by atoms with E-state index in [4.69, 9.17) is 0 Å². The molecule has 2 aliphatic rings. The molecule has 1 saturated heterocycles. The number of halogens is 2. The van der Waals surface area contributed by atoms with Crippen LogP contribution in [0.25, 0.3) is 0 Å². The Labute approximate surface area is 161 Å². The lowest BCUT2D eigenvalue weighted by Crippen LogP contribution is -2.32. The average molecular weight is 392 g/mol. The molecule has 7 heteroatoms. The number of hydrogen-bond acceptors (Lipinski definition) is 5. The molecule has 0 amide bonds. The van der Waals surface area contributed by atoms with Crippen LogP contribution in [0.5, 0.6) is 5.75 Å². The Morgan fingerprint density at radius 3 is 2.56 bits per heavy atom. The fraction of sp³-hybridized carbons (Fsp3) is 0.450. The maximum absolute atomic E-state index is 13.9. The van der Waals surface area contributed by atoms with Gasteiger partial charge in [-0.25, -0.2) is 13.8 Å². The van der Waals surface area contributed by atoms with Gasteiger partial charge < -0.3 is 10.2 Å². The van der Waals surface area contributed by atoms with E-state index in [9.17, 15) is 19.0 Å². The van der Waals surface area contributed by atoms with Crippen molar-refractivity contribution < 1.29 is 19.0 Å². The zero-order valence-electron chi connectivity index (χ0n) is 14.8. The normalized spacial score (nSPS) is 27.8. The fourth-order valence-electron chi connectivity index (χ4n) is 4.46. The Kier molecular flexibility index (Phi) is 5.09. The van der Waals surface area contributed by atoms with Crippen molar-refractivity contribution in [1.29, 1.82) is 0 Å². The van der Waals surface area contributed by atoms with Crippen molar-refractivity contribution in [2.24, 2.45) is 11.8 Å². The van der Waals surface area contributed by atoms with Crippen LogP contribution in [0.15, 0.2) is 41.6 Å². The van der Waals surface area contributed by atoms with Crippen LogP contribution in [-0.2, 0) is 6.42 Å². The number of benzene rings is 1. The highest BCUT2D eigenvalue weighted by molar-refractivity contribution is 7.99. The molecule has 2 N–H and O–H groups in total. The van der Waals surface area contributed by atoms with Crippen LogP contribution in [-0.4, -0.2) is 44.7 Å². The maximum Gasteiger partial charge on any atom is 0.162 e. The third-order valence-electron chi connectivity index (χ3n) is 5.60. The van der Waals surface area contributed by atoms with Crippen LogP contribution >= 0.6 is 11.8 Å². The second kappa shape index (κ2) is 7.37. The quantitative estimate of drug-likeness (QED) is 0.764. The number of pyridine rings is 1. The lowest BCUT2D eigenvalue weighted by atomic mass is 9.91. The number of aromatic nitrogens is 1. The third-order valence-corrected chi connectivity index (χ3v) is 6.63. The largest absolute Gasteiger partial charge is 0.506 e. The summed E-state index contributed by atoms with van der Waals surface area (Å²) in [6.45, 7) is 1.79. The highest BCUT2D eigenvalue weighted by Crippen LogP contribution is 2.46. The molecular weight excluding hydrogens is 370 g/mol. The topological polar surface area (TPSA) is 56.6 Å². The van der Waals surface area contributed by atoms with Gasteiger partial charge in [-0.3, -0.25) is 4.90 Å². The van der Waals surface area contributed by atoms with Crippen molar-refractivity contribution in [3.05, 3.63) is 53.7 Å². The van der Waals surface area contributed by atoms with Gasteiger partial charge in [0.2, 0.25) is 0 Å². The number of thioether (sulfide) groups is 1. The summed E-state index contributed by atoms with van der Waals surface area (Å²) >= 11 is 1.62. The van der Waals surface area contributed by atoms with E-state index >= 15 is 0 Å². The first kappa shape index (κ1) is 18.7. The zero-order chi connectivity index (χ0) is 19.0. The van der Waals surface area contributed by atoms with Gasteiger partial charge in [-0.05, 0) is 48.4 Å². The number of fused-ring (bicyclic) bond motifs is 1. The molecule has 0 bridgehead atoms. The number of nitrogens with zero attached hydrogens (tertiary/aromatic N) is 2. The predicted octanol–water partition coefficient (Wildman–Crippen LogP) is 3.43. The van der Waals surface area contributed by atoms with E-state index in [0.717, 1.165) is 30.1 Å². The van der Waals surface area contributed by atoms with E-state index in [1.807, 2.05) is 0 Å². The van der Waals surface area contributed by atoms with Gasteiger partial charge in [0, 0.05) is 19.5 Å². The predicted molar refractivity (Wildman–Crippen MR) is 99.4 cm³/mol. The second-order valence-corrected chi connectivity index (χ2v) is 8.67. The van der Waals surface area contributed by atoms with Crippen LogP contribution in [0.4, 0.5) is 8.78 Å². The summed E-state index contributed by atoms with van der Waals surface area (Å²) in [6.07, 6.45) is 2.83. The molecule has 1 aliphatic carbocycles. The van der Waals surface area contributed by atoms with Gasteiger partial charge in [-0.15, -0.1) is 0 Å². The molecule has 0 unspecified atom stereocenters. The maximum atomic E-state index is 13.9. The molecule has 1 aromatic carbocycles. The summed E-state index contributed by atoms with van der Waals surface area (Å²) in [6, 6.07) is 7.56. The lowest BCUT2D eigenvalue weighted by Gasteiger charge is -2.26. The van der Waals surface area contributed by atoms with E-state index in [1.165, 1.54) is 12.3 Å². The molecule has 4 nitrogen and oxygen atoms in total. The summed E-state index contributed by atoms with van der Waals surface area (Å²) < 4.78 is 27.4. The van der Waals surface area contributed by atoms with Crippen molar-refractivity contribution in [3.8, 4) is 5.75 Å². The van der Waals surface area contributed by atoms with E-state index in [2.05, 4.69) is 9.88 Å². The van der Waals surface area contributed by atoms with Gasteiger partial charge in [0.05, 0.1) is 22.7 Å². The standard InChI is InChI=1S/C20H22F2N2O2S/c21-17-3-1-2-13(19(17)22)6-20(26)7-14-10-24(11-15(14)8-20)12-27-18-5-4-16(25)9-23-18/h1-5,9,14-15,25-26H,6-8,10-12H2/t14-,15+,20-. The fourth-order valence-corrected chi connectivity index (χ4v) is 5.28. The Hall–Kier alpha value is -1.70. The molecule has 27 heavy (non-hydrogen) atoms. The Bertz CT molecular complexity index is 804. The average Bonchev–Trinajstić information content (AvgIpc) is 3.13. The van der Waals surface area contributed by atoms with E-state index in [1.54, 1.807) is 30.0 Å². The van der Waals surface area contributed by atoms with E-state index in [-0.39, 0.29) is 17.7 Å². The molecule has 4 rings (SSSR count). The van der Waals surface area contributed by atoms with Gasteiger partial charge in [0.15, 0.2) is 11.6 Å². The van der Waals surface area contributed by atoms with Crippen LogP contribution in [0, 0.1) is 23.5 Å². The third kappa shape index (κ3) is 4.10. The second-order valence-electron chi connectivity index (χ2n) is 7.71. The summed E-state index contributed by atoms with van der Waals surface area (Å²) in [5, 5.41) is 21.1. The van der Waals surface area contributed by atoms with Crippen molar-refractivity contribution >= 4 is 11.8 Å². The number of likely N-dealkylation sites (tertiary alicyclic amines) is 1. The van der Waals surface area contributed by atoms with Gasteiger partial charge >= 0.3 is 0 Å². The molecule has 0 spiro atoms. The molecule has 1 saturated carbocycles. The first-order valence-electron chi connectivity index (χ1n) is 9.07. The number of aliphatic hydroxyl groups is 1. The Balaban J connectivity index is 1.32. The molecule has 0 radical (unpaired) electrons. The molecule has 3 atom stereocenters. The van der Waals surface area contributed by atoms with Crippen LogP contribution in [0.3, 0.4) is 0 Å². The van der Waals surface area contributed by atoms with E-state index < -0.39 is 17.2 Å². The van der Waals surface area contributed by atoms with Crippen LogP contribution < -0.4 is 0 Å².